The van der Waals surface area contributed by atoms with Gasteiger partial charge in [0.15, 0.2) is 0 Å². The summed E-state index contributed by atoms with van der Waals surface area (Å²) in [5.41, 5.74) is 0. The molecule has 0 spiro atoms. The first-order valence-electron chi connectivity index (χ1n) is 3.58. The van der Waals surface area contributed by atoms with Gasteiger partial charge in [0.2, 0.25) is 0 Å². The summed E-state index contributed by atoms with van der Waals surface area (Å²) in [5.74, 6) is 0. The molecule has 0 saturated carbocycles. The predicted octanol–water partition coefficient (Wildman–Crippen LogP) is -4.77. The summed E-state index contributed by atoms with van der Waals surface area (Å²) in [7, 11) is -1.71. The molecule has 1 nitrogen and oxygen atoms in total. The van der Waals surface area contributed by atoms with E-state index in [1.54, 1.807) is 0 Å². The molecule has 0 aromatic rings. The van der Waals surface area contributed by atoms with Gasteiger partial charge in [0.1, 0.15) is 0 Å². The minimum absolute atomic E-state index is 0. The van der Waals surface area contributed by atoms with Gasteiger partial charge in [0.05, 0.1) is 0 Å². The van der Waals surface area contributed by atoms with E-state index in [0.717, 1.165) is 0 Å². The van der Waals surface area contributed by atoms with Crippen LogP contribution < -0.4 is 74.9 Å². The van der Waals surface area contributed by atoms with E-state index >= 15 is 0 Å². The molecular weight excluding hydrogens is 188 g/mol. The number of hydrogen-bond donors (Lipinski definition) is 1. The second-order valence-corrected chi connectivity index (χ2v) is 15.5. The van der Waals surface area contributed by atoms with Crippen molar-refractivity contribution in [1.82, 2.24) is 0 Å². The van der Waals surface area contributed by atoms with Crippen molar-refractivity contribution in [2.24, 2.45) is 0 Å². The molecule has 0 aromatic heterocycles. The molecule has 0 atom stereocenters. The van der Waals surface area contributed by atoms with E-state index in [4.69, 9.17) is 0 Å². The molecule has 0 aliphatic carbocycles. The zero-order valence-electron chi connectivity index (χ0n) is 9.58. The van der Waals surface area contributed by atoms with Crippen LogP contribution in [0.15, 0.2) is 0 Å². The van der Waals surface area contributed by atoms with E-state index in [9.17, 15) is 0 Å². The summed E-state index contributed by atoms with van der Waals surface area (Å²) < 4.78 is 2.65. The monoisotopic (exact) mass is 208 g/mol. The maximum Gasteiger partial charge on any atom is 1.00 e. The van der Waals surface area contributed by atoms with Crippen molar-refractivity contribution in [1.29, 1.82) is 0 Å². The van der Waals surface area contributed by atoms with E-state index < -0.39 is 16.5 Å². The Morgan fingerprint density at radius 3 is 0.909 bits per heavy atom. The summed E-state index contributed by atoms with van der Waals surface area (Å²) in [6, 6.07) is 0. The Hall–Kier alpha value is 2.63. The van der Waals surface area contributed by atoms with Gasteiger partial charge >= 0.3 is 70.2 Å². The van der Waals surface area contributed by atoms with Crippen molar-refractivity contribution >= 4 is 16.5 Å². The van der Waals surface area contributed by atoms with Gasteiger partial charge in [-0.3, -0.25) is 0 Å². The smallest absolute Gasteiger partial charge is 0.467 e. The van der Waals surface area contributed by atoms with E-state index in [1.165, 1.54) is 0 Å². The van der Waals surface area contributed by atoms with Crippen molar-refractivity contribution in [3.63, 3.8) is 0 Å². The average Bonchev–Trinajstić information content (AvgIpc) is 1.14. The first-order chi connectivity index (χ1) is 3.71. The van der Waals surface area contributed by atoms with Crippen LogP contribution in [0.2, 0.25) is 39.3 Å². The molecular formula is C6H20KLiNSi2+3. The molecule has 5 heteroatoms. The number of quaternary nitrogens is 1. The fourth-order valence-electron chi connectivity index (χ4n) is 1.30. The Labute approximate surface area is 128 Å². The van der Waals surface area contributed by atoms with Crippen LogP contribution in [-0.4, -0.2) is 16.5 Å². The Morgan fingerprint density at radius 2 is 0.909 bits per heavy atom. The molecule has 0 radical (unpaired) electrons. The van der Waals surface area contributed by atoms with Crippen molar-refractivity contribution in [3.8, 4) is 0 Å². The predicted molar refractivity (Wildman–Crippen MR) is 48.6 cm³/mol. The van der Waals surface area contributed by atoms with E-state index in [0.29, 0.717) is 0 Å². The third-order valence-corrected chi connectivity index (χ3v) is 7.79. The van der Waals surface area contributed by atoms with E-state index in [2.05, 4.69) is 43.9 Å². The van der Waals surface area contributed by atoms with Gasteiger partial charge in [0, 0.05) is 0 Å². The maximum atomic E-state index is 2.65. The minimum Gasteiger partial charge on any atom is -0.467 e. The third kappa shape index (κ3) is 19.2. The maximum absolute atomic E-state index is 2.65. The Kier molecular flexibility index (Phi) is 12.2. The molecule has 0 amide bonds. The van der Waals surface area contributed by atoms with Crippen LogP contribution in [-0.2, 0) is 0 Å². The topological polar surface area (TPSA) is 16.6 Å². The number of nitrogens with two attached hydrogens (primary N) is 1. The van der Waals surface area contributed by atoms with Crippen molar-refractivity contribution < 1.29 is 74.9 Å². The Morgan fingerprint density at radius 1 is 0.727 bits per heavy atom. The average molecular weight is 208 g/mol. The molecule has 0 heterocycles. The molecule has 2 N–H and O–H groups in total. The zero-order chi connectivity index (χ0) is 7.71. The number of rotatable bonds is 2. The fraction of sp³-hybridized carbons (Fsp3) is 1.00. The summed E-state index contributed by atoms with van der Waals surface area (Å²) >= 11 is 0. The van der Waals surface area contributed by atoms with Crippen molar-refractivity contribution in [2.45, 2.75) is 39.3 Å². The van der Waals surface area contributed by atoms with Gasteiger partial charge in [-0.05, 0) is 39.3 Å². The summed E-state index contributed by atoms with van der Waals surface area (Å²) in [4.78, 5) is 0. The van der Waals surface area contributed by atoms with Gasteiger partial charge in [-0.1, -0.05) is 0 Å². The van der Waals surface area contributed by atoms with Crippen LogP contribution in [0.1, 0.15) is 0 Å². The molecule has 0 unspecified atom stereocenters. The summed E-state index contributed by atoms with van der Waals surface area (Å²) in [6.07, 6.45) is 0. The van der Waals surface area contributed by atoms with Crippen molar-refractivity contribution in [2.75, 3.05) is 0 Å². The molecule has 0 fully saturated rings. The first-order valence-corrected chi connectivity index (χ1v) is 10.7. The van der Waals surface area contributed by atoms with Crippen LogP contribution in [0.3, 0.4) is 0 Å². The normalized spacial score (nSPS) is 11.5. The molecule has 0 aromatic carbocycles. The van der Waals surface area contributed by atoms with Gasteiger partial charge < -0.3 is 4.65 Å². The standard InChI is InChI=1S/C6H20NSi2.K.Li/c1-8(2,3)7-9(4,5)6;;/h7H2,1-6H3;;/q3*+1. The second kappa shape index (κ2) is 6.99. The van der Waals surface area contributed by atoms with Crippen molar-refractivity contribution in [3.05, 3.63) is 0 Å². The van der Waals surface area contributed by atoms with Crippen LogP contribution in [0.4, 0.5) is 0 Å². The van der Waals surface area contributed by atoms with Gasteiger partial charge in [0.25, 0.3) is 16.5 Å². The first kappa shape index (κ1) is 19.2. The Bertz CT molecular complexity index is 85.7. The quantitative estimate of drug-likeness (QED) is 0.439. The molecule has 0 bridgehead atoms. The second-order valence-electron chi connectivity index (χ2n) is 4.88. The van der Waals surface area contributed by atoms with E-state index in [-0.39, 0.29) is 70.2 Å². The van der Waals surface area contributed by atoms with Gasteiger partial charge in [-0.2, -0.15) is 0 Å². The SMILES string of the molecule is C[Si](C)(C)[NH2+][Si](C)(C)C.[K+].[Li+]. The molecule has 0 aliphatic heterocycles. The molecule has 0 rings (SSSR count). The molecule has 11 heavy (non-hydrogen) atoms. The van der Waals surface area contributed by atoms with Crippen LogP contribution in [0, 0.1) is 0 Å². The van der Waals surface area contributed by atoms with Gasteiger partial charge in [-0.15, -0.1) is 0 Å². The zero-order valence-corrected chi connectivity index (χ0v) is 14.7. The van der Waals surface area contributed by atoms with Gasteiger partial charge in [-0.25, -0.2) is 0 Å². The minimum atomic E-state index is -0.856. The summed E-state index contributed by atoms with van der Waals surface area (Å²) in [5, 5.41) is 0. The molecule has 0 saturated heterocycles. The molecule has 56 valence electrons. The number of hydrogen-bond acceptors (Lipinski definition) is 0. The van der Waals surface area contributed by atoms with E-state index in [1.807, 2.05) is 0 Å². The van der Waals surface area contributed by atoms with Crippen LogP contribution in [0.25, 0.3) is 0 Å². The fourth-order valence-corrected chi connectivity index (χ4v) is 11.7. The third-order valence-electron chi connectivity index (χ3n) is 0.866. The van der Waals surface area contributed by atoms with Crippen LogP contribution in [0.5, 0.6) is 0 Å². The largest absolute Gasteiger partial charge is 1.00 e. The van der Waals surface area contributed by atoms with Crippen LogP contribution >= 0.6 is 0 Å². The Balaban J connectivity index is -0.000000320. The molecule has 0 aliphatic rings. The summed E-state index contributed by atoms with van der Waals surface area (Å²) in [6.45, 7) is 14.4.